The molecule has 0 radical (unpaired) electrons. The molecule has 2 aromatic carbocycles. The second-order valence-electron chi connectivity index (χ2n) is 4.46. The van der Waals surface area contributed by atoms with Crippen LogP contribution in [0.2, 0.25) is 0 Å². The Balaban J connectivity index is 1.69. The van der Waals surface area contributed by atoms with Gasteiger partial charge in [0.1, 0.15) is 25.4 Å². The molecule has 0 aromatic heterocycles. The standard InChI is InChI=1S/C17H16O4/c18-15(13-20-16-9-5-2-6-10-16)11-17(19)21-12-14-7-3-1-4-8-14/h1-10H,11-13H2. The predicted octanol–water partition coefficient (Wildman–Crippen LogP) is 2.77. The molecule has 0 aliphatic rings. The minimum atomic E-state index is -0.541. The molecule has 21 heavy (non-hydrogen) atoms. The van der Waals surface area contributed by atoms with Gasteiger partial charge in [-0.05, 0) is 17.7 Å². The van der Waals surface area contributed by atoms with Gasteiger partial charge in [-0.1, -0.05) is 48.5 Å². The van der Waals surface area contributed by atoms with Crippen molar-refractivity contribution in [3.63, 3.8) is 0 Å². The lowest BCUT2D eigenvalue weighted by atomic mass is 10.2. The number of esters is 1. The van der Waals surface area contributed by atoms with Gasteiger partial charge < -0.3 is 9.47 Å². The first-order valence-electron chi connectivity index (χ1n) is 6.63. The van der Waals surface area contributed by atoms with Gasteiger partial charge in [0.15, 0.2) is 5.78 Å². The summed E-state index contributed by atoms with van der Waals surface area (Å²) in [4.78, 5) is 23.2. The van der Waals surface area contributed by atoms with Crippen LogP contribution in [0.1, 0.15) is 12.0 Å². The molecule has 0 atom stereocenters. The lowest BCUT2D eigenvalue weighted by Crippen LogP contribution is -2.17. The van der Waals surface area contributed by atoms with Crippen molar-refractivity contribution < 1.29 is 19.1 Å². The highest BCUT2D eigenvalue weighted by Gasteiger charge is 2.11. The Kier molecular flexibility index (Phi) is 5.52. The average Bonchev–Trinajstić information content (AvgIpc) is 2.53. The topological polar surface area (TPSA) is 52.6 Å². The van der Waals surface area contributed by atoms with Crippen molar-refractivity contribution >= 4 is 11.8 Å². The van der Waals surface area contributed by atoms with Crippen LogP contribution in [0.4, 0.5) is 0 Å². The summed E-state index contributed by atoms with van der Waals surface area (Å²) in [7, 11) is 0. The summed E-state index contributed by atoms with van der Waals surface area (Å²) >= 11 is 0. The van der Waals surface area contributed by atoms with Crippen LogP contribution in [-0.4, -0.2) is 18.4 Å². The Morgan fingerprint density at radius 2 is 1.48 bits per heavy atom. The van der Waals surface area contributed by atoms with Crippen LogP contribution in [-0.2, 0) is 20.9 Å². The van der Waals surface area contributed by atoms with Crippen LogP contribution in [0.3, 0.4) is 0 Å². The number of hydrogen-bond donors (Lipinski definition) is 0. The van der Waals surface area contributed by atoms with Crippen molar-refractivity contribution in [2.75, 3.05) is 6.61 Å². The molecule has 0 amide bonds. The highest BCUT2D eigenvalue weighted by Crippen LogP contribution is 2.08. The molecular formula is C17H16O4. The van der Waals surface area contributed by atoms with E-state index in [1.807, 2.05) is 48.5 Å². The molecule has 4 nitrogen and oxygen atoms in total. The normalized spacial score (nSPS) is 9.90. The number of para-hydroxylation sites is 1. The quantitative estimate of drug-likeness (QED) is 0.579. The van der Waals surface area contributed by atoms with E-state index in [1.54, 1.807) is 12.1 Å². The molecular weight excluding hydrogens is 268 g/mol. The summed E-state index contributed by atoms with van der Waals surface area (Å²) in [6, 6.07) is 18.3. The summed E-state index contributed by atoms with van der Waals surface area (Å²) in [5.41, 5.74) is 0.888. The van der Waals surface area contributed by atoms with Crippen molar-refractivity contribution in [1.29, 1.82) is 0 Å². The highest BCUT2D eigenvalue weighted by molar-refractivity contribution is 5.96. The third-order valence-electron chi connectivity index (χ3n) is 2.73. The van der Waals surface area contributed by atoms with Crippen molar-refractivity contribution in [1.82, 2.24) is 0 Å². The molecule has 2 rings (SSSR count). The number of carbonyl (C=O) groups excluding carboxylic acids is 2. The van der Waals surface area contributed by atoms with Gasteiger partial charge in [0.05, 0.1) is 0 Å². The van der Waals surface area contributed by atoms with Gasteiger partial charge in [-0.15, -0.1) is 0 Å². The lowest BCUT2D eigenvalue weighted by Gasteiger charge is -2.06. The second-order valence-corrected chi connectivity index (χ2v) is 4.46. The molecule has 0 saturated heterocycles. The van der Waals surface area contributed by atoms with E-state index in [2.05, 4.69) is 0 Å². The minimum Gasteiger partial charge on any atom is -0.486 e. The monoisotopic (exact) mass is 284 g/mol. The molecule has 0 aliphatic heterocycles. The number of ether oxygens (including phenoxy) is 2. The van der Waals surface area contributed by atoms with Gasteiger partial charge in [0.25, 0.3) is 0 Å². The Bertz CT molecular complexity index is 525. The third kappa shape index (κ3) is 5.48. The summed E-state index contributed by atoms with van der Waals surface area (Å²) in [6.45, 7) is 0.0386. The first-order valence-corrected chi connectivity index (χ1v) is 6.63. The Labute approximate surface area is 123 Å². The number of rotatable bonds is 7. The Morgan fingerprint density at radius 3 is 2.14 bits per heavy atom. The van der Waals surface area contributed by atoms with Crippen LogP contribution >= 0.6 is 0 Å². The predicted molar refractivity (Wildman–Crippen MR) is 77.8 cm³/mol. The maximum Gasteiger partial charge on any atom is 0.313 e. The zero-order valence-electron chi connectivity index (χ0n) is 11.5. The average molecular weight is 284 g/mol. The van der Waals surface area contributed by atoms with E-state index in [0.717, 1.165) is 5.56 Å². The van der Waals surface area contributed by atoms with E-state index in [1.165, 1.54) is 0 Å². The molecule has 108 valence electrons. The van der Waals surface area contributed by atoms with E-state index in [9.17, 15) is 9.59 Å². The lowest BCUT2D eigenvalue weighted by molar-refractivity contribution is -0.147. The van der Waals surface area contributed by atoms with Crippen LogP contribution in [0, 0.1) is 0 Å². The van der Waals surface area contributed by atoms with E-state index in [-0.39, 0.29) is 25.4 Å². The van der Waals surface area contributed by atoms with E-state index in [0.29, 0.717) is 5.75 Å². The molecule has 0 heterocycles. The first kappa shape index (κ1) is 14.8. The summed E-state index contributed by atoms with van der Waals surface area (Å²) < 4.78 is 10.3. The maximum absolute atomic E-state index is 11.6. The van der Waals surface area contributed by atoms with Crippen molar-refractivity contribution in [3.05, 3.63) is 66.2 Å². The molecule has 0 saturated carbocycles. The van der Waals surface area contributed by atoms with Gasteiger partial charge in [-0.3, -0.25) is 9.59 Å². The van der Waals surface area contributed by atoms with E-state index in [4.69, 9.17) is 9.47 Å². The van der Waals surface area contributed by atoms with Crippen molar-refractivity contribution in [2.24, 2.45) is 0 Å². The number of ketones is 1. The van der Waals surface area contributed by atoms with Gasteiger partial charge in [-0.2, -0.15) is 0 Å². The Hall–Kier alpha value is -2.62. The van der Waals surface area contributed by atoms with E-state index >= 15 is 0 Å². The van der Waals surface area contributed by atoms with Gasteiger partial charge in [0, 0.05) is 0 Å². The maximum atomic E-state index is 11.6. The number of Topliss-reactive ketones (excluding diaryl/α,β-unsaturated/α-hetero) is 1. The van der Waals surface area contributed by atoms with Gasteiger partial charge in [-0.25, -0.2) is 0 Å². The zero-order chi connectivity index (χ0) is 14.9. The number of carbonyl (C=O) groups is 2. The molecule has 0 aliphatic carbocycles. The van der Waals surface area contributed by atoms with Crippen LogP contribution < -0.4 is 4.74 Å². The molecule has 0 fully saturated rings. The summed E-state index contributed by atoms with van der Waals surface area (Å²) in [5, 5.41) is 0. The van der Waals surface area contributed by atoms with Gasteiger partial charge in [0.2, 0.25) is 0 Å². The smallest absolute Gasteiger partial charge is 0.313 e. The van der Waals surface area contributed by atoms with E-state index < -0.39 is 5.97 Å². The van der Waals surface area contributed by atoms with Gasteiger partial charge >= 0.3 is 5.97 Å². The molecule has 0 unspecified atom stereocenters. The number of hydrogen-bond acceptors (Lipinski definition) is 4. The second kappa shape index (κ2) is 7.85. The minimum absolute atomic E-state index is 0.134. The molecule has 0 N–H and O–H groups in total. The molecule has 4 heteroatoms. The molecule has 2 aromatic rings. The first-order chi connectivity index (χ1) is 10.2. The van der Waals surface area contributed by atoms with Crippen LogP contribution in [0.25, 0.3) is 0 Å². The number of benzene rings is 2. The van der Waals surface area contributed by atoms with Crippen molar-refractivity contribution in [3.8, 4) is 5.75 Å². The fourth-order valence-corrected chi connectivity index (χ4v) is 1.68. The fraction of sp³-hybridized carbons (Fsp3) is 0.176. The summed E-state index contributed by atoms with van der Waals surface area (Å²) in [6.07, 6.45) is -0.278. The van der Waals surface area contributed by atoms with Crippen LogP contribution in [0.5, 0.6) is 5.75 Å². The fourth-order valence-electron chi connectivity index (χ4n) is 1.68. The largest absolute Gasteiger partial charge is 0.486 e. The Morgan fingerprint density at radius 1 is 0.857 bits per heavy atom. The molecule has 0 spiro atoms. The van der Waals surface area contributed by atoms with Crippen LogP contribution in [0.15, 0.2) is 60.7 Å². The summed E-state index contributed by atoms with van der Waals surface area (Å²) in [5.74, 6) is -0.249. The highest BCUT2D eigenvalue weighted by atomic mass is 16.5. The zero-order valence-corrected chi connectivity index (χ0v) is 11.5. The van der Waals surface area contributed by atoms with Crippen molar-refractivity contribution in [2.45, 2.75) is 13.0 Å². The third-order valence-corrected chi connectivity index (χ3v) is 2.73. The molecule has 0 bridgehead atoms. The SMILES string of the molecule is O=C(COc1ccccc1)CC(=O)OCc1ccccc1.